The van der Waals surface area contributed by atoms with Crippen molar-refractivity contribution >= 4 is 0 Å². The Bertz CT molecular complexity index is 735. The molecule has 0 saturated carbocycles. The number of rotatable bonds is 7. The number of methoxy groups -OCH3 is 3. The van der Waals surface area contributed by atoms with E-state index in [1.54, 1.807) is 21.3 Å². The van der Waals surface area contributed by atoms with Crippen LogP contribution in [-0.2, 0) is 12.8 Å². The minimum absolute atomic E-state index is 0.218. The minimum atomic E-state index is 0.218. The normalized spacial score (nSPS) is 9.54. The van der Waals surface area contributed by atoms with E-state index < -0.39 is 0 Å². The third-order valence-electron chi connectivity index (χ3n) is 3.75. The van der Waals surface area contributed by atoms with E-state index in [0.29, 0.717) is 5.75 Å². The number of aryl methyl sites for hydroxylation is 1. The summed E-state index contributed by atoms with van der Waals surface area (Å²) in [5, 5.41) is 9.54. The Morgan fingerprint density at radius 2 is 1.35 bits per heavy atom. The van der Waals surface area contributed by atoms with E-state index >= 15 is 0 Å². The first kappa shape index (κ1) is 21.2. The van der Waals surface area contributed by atoms with Gasteiger partial charge in [-0.15, -0.1) is 13.2 Å². The standard InChI is InChI=1S/2C11H14O2/c1-4-5-9-6-8(2)11(12)10(7-9)13-3;1-4-5-9-6-7-10(12-2)11(8-9)13-3/h4,6-7,12H,1,5H2,2-3H3;4,6-8H,1,5H2,2-3H3. The van der Waals surface area contributed by atoms with Gasteiger partial charge in [0, 0.05) is 0 Å². The highest BCUT2D eigenvalue weighted by atomic mass is 16.5. The van der Waals surface area contributed by atoms with Crippen molar-refractivity contribution in [3.63, 3.8) is 0 Å². The molecule has 1 N–H and O–H groups in total. The molecule has 0 bridgehead atoms. The summed E-state index contributed by atoms with van der Waals surface area (Å²) in [6.45, 7) is 9.19. The molecule has 0 heterocycles. The second kappa shape index (κ2) is 10.9. The second-order valence-electron chi connectivity index (χ2n) is 5.64. The molecule has 4 heteroatoms. The Morgan fingerprint density at radius 1 is 0.808 bits per heavy atom. The summed E-state index contributed by atoms with van der Waals surface area (Å²) >= 11 is 0. The highest BCUT2D eigenvalue weighted by Crippen LogP contribution is 2.31. The summed E-state index contributed by atoms with van der Waals surface area (Å²) in [5.41, 5.74) is 3.10. The fourth-order valence-corrected chi connectivity index (χ4v) is 2.43. The van der Waals surface area contributed by atoms with E-state index in [2.05, 4.69) is 13.2 Å². The fourth-order valence-electron chi connectivity index (χ4n) is 2.43. The zero-order chi connectivity index (χ0) is 19.5. The number of benzene rings is 2. The molecule has 0 amide bonds. The van der Waals surface area contributed by atoms with Crippen molar-refractivity contribution in [2.45, 2.75) is 19.8 Å². The molecule has 2 rings (SSSR count). The Morgan fingerprint density at radius 3 is 1.88 bits per heavy atom. The van der Waals surface area contributed by atoms with Gasteiger partial charge in [0.05, 0.1) is 21.3 Å². The predicted molar refractivity (Wildman–Crippen MR) is 107 cm³/mol. The summed E-state index contributed by atoms with van der Waals surface area (Å²) in [6, 6.07) is 9.62. The van der Waals surface area contributed by atoms with Gasteiger partial charge in [0.25, 0.3) is 0 Å². The molecule has 0 aliphatic rings. The van der Waals surface area contributed by atoms with Crippen LogP contribution in [0.2, 0.25) is 0 Å². The lowest BCUT2D eigenvalue weighted by atomic mass is 10.1. The molecular weight excluding hydrogens is 328 g/mol. The molecule has 0 unspecified atom stereocenters. The van der Waals surface area contributed by atoms with Crippen molar-refractivity contribution in [2.24, 2.45) is 0 Å². The third-order valence-corrected chi connectivity index (χ3v) is 3.75. The van der Waals surface area contributed by atoms with Gasteiger partial charge >= 0.3 is 0 Å². The average Bonchev–Trinajstić information content (AvgIpc) is 2.65. The highest BCUT2D eigenvalue weighted by Gasteiger charge is 2.06. The molecule has 0 radical (unpaired) electrons. The van der Waals surface area contributed by atoms with Gasteiger partial charge < -0.3 is 19.3 Å². The van der Waals surface area contributed by atoms with Crippen molar-refractivity contribution in [1.29, 1.82) is 0 Å². The SMILES string of the molecule is C=CCc1cc(C)c(O)c(OC)c1.C=CCc1ccc(OC)c(OC)c1. The summed E-state index contributed by atoms with van der Waals surface area (Å²) in [7, 11) is 4.81. The second-order valence-corrected chi connectivity index (χ2v) is 5.64. The first-order valence-corrected chi connectivity index (χ1v) is 8.29. The van der Waals surface area contributed by atoms with Crippen molar-refractivity contribution < 1.29 is 19.3 Å². The zero-order valence-electron chi connectivity index (χ0n) is 16.0. The summed E-state index contributed by atoms with van der Waals surface area (Å²) in [5.74, 6) is 2.27. The smallest absolute Gasteiger partial charge is 0.161 e. The molecular formula is C22H28O4. The van der Waals surface area contributed by atoms with Gasteiger partial charge in [-0.25, -0.2) is 0 Å². The maximum atomic E-state index is 9.54. The molecule has 0 atom stereocenters. The van der Waals surface area contributed by atoms with Gasteiger partial charge in [0.2, 0.25) is 0 Å². The molecule has 2 aromatic rings. The van der Waals surface area contributed by atoms with E-state index in [1.807, 2.05) is 49.4 Å². The largest absolute Gasteiger partial charge is 0.504 e. The Labute approximate surface area is 156 Å². The fraction of sp³-hybridized carbons (Fsp3) is 0.273. The number of ether oxygens (including phenoxy) is 3. The maximum Gasteiger partial charge on any atom is 0.161 e. The van der Waals surface area contributed by atoms with Gasteiger partial charge in [-0.1, -0.05) is 24.3 Å². The third kappa shape index (κ3) is 5.88. The zero-order valence-corrected chi connectivity index (χ0v) is 16.0. The van der Waals surface area contributed by atoms with Gasteiger partial charge in [-0.2, -0.15) is 0 Å². The van der Waals surface area contributed by atoms with Crippen LogP contribution in [0.25, 0.3) is 0 Å². The first-order valence-electron chi connectivity index (χ1n) is 8.29. The van der Waals surface area contributed by atoms with E-state index in [9.17, 15) is 5.11 Å². The van der Waals surface area contributed by atoms with E-state index in [-0.39, 0.29) is 5.75 Å². The van der Waals surface area contributed by atoms with Crippen LogP contribution in [0.4, 0.5) is 0 Å². The molecule has 26 heavy (non-hydrogen) atoms. The van der Waals surface area contributed by atoms with Gasteiger partial charge in [0.15, 0.2) is 23.0 Å². The van der Waals surface area contributed by atoms with Gasteiger partial charge in [-0.05, 0) is 54.7 Å². The summed E-state index contributed by atoms with van der Waals surface area (Å²) in [4.78, 5) is 0. The van der Waals surface area contributed by atoms with Crippen LogP contribution in [0.3, 0.4) is 0 Å². The molecule has 0 spiro atoms. The van der Waals surface area contributed by atoms with E-state index in [0.717, 1.165) is 35.5 Å². The number of phenolic OH excluding ortho intramolecular Hbond substituents is 1. The molecule has 0 aliphatic heterocycles. The molecule has 4 nitrogen and oxygen atoms in total. The number of aromatic hydroxyl groups is 1. The first-order chi connectivity index (χ1) is 12.5. The molecule has 140 valence electrons. The van der Waals surface area contributed by atoms with Crippen molar-refractivity contribution in [2.75, 3.05) is 21.3 Å². The van der Waals surface area contributed by atoms with Crippen LogP contribution in [0.15, 0.2) is 55.6 Å². The Hall–Kier alpha value is -2.88. The van der Waals surface area contributed by atoms with Crippen molar-refractivity contribution in [3.05, 3.63) is 72.3 Å². The van der Waals surface area contributed by atoms with Gasteiger partial charge in [-0.3, -0.25) is 0 Å². The van der Waals surface area contributed by atoms with Crippen molar-refractivity contribution in [3.8, 4) is 23.0 Å². The molecule has 2 aromatic carbocycles. The monoisotopic (exact) mass is 356 g/mol. The van der Waals surface area contributed by atoms with Crippen LogP contribution < -0.4 is 14.2 Å². The predicted octanol–water partition coefficient (Wildman–Crippen LogP) is 4.87. The maximum absolute atomic E-state index is 9.54. The molecule has 0 saturated heterocycles. The van der Waals surface area contributed by atoms with Gasteiger partial charge in [0.1, 0.15) is 0 Å². The van der Waals surface area contributed by atoms with Crippen LogP contribution >= 0.6 is 0 Å². The lowest BCUT2D eigenvalue weighted by Crippen LogP contribution is -1.91. The average molecular weight is 356 g/mol. The molecule has 0 fully saturated rings. The number of hydrogen-bond acceptors (Lipinski definition) is 4. The molecule has 0 aromatic heterocycles. The minimum Gasteiger partial charge on any atom is -0.504 e. The number of allylic oxidation sites excluding steroid dienone is 2. The Kier molecular flexibility index (Phi) is 8.85. The number of phenols is 1. The van der Waals surface area contributed by atoms with Crippen LogP contribution in [0.5, 0.6) is 23.0 Å². The highest BCUT2D eigenvalue weighted by molar-refractivity contribution is 5.48. The Balaban J connectivity index is 0.000000260. The van der Waals surface area contributed by atoms with Crippen molar-refractivity contribution in [1.82, 2.24) is 0 Å². The lowest BCUT2D eigenvalue weighted by Gasteiger charge is -2.08. The summed E-state index contributed by atoms with van der Waals surface area (Å²) < 4.78 is 15.3. The lowest BCUT2D eigenvalue weighted by molar-refractivity contribution is 0.354. The topological polar surface area (TPSA) is 47.9 Å². The summed E-state index contributed by atoms with van der Waals surface area (Å²) in [6.07, 6.45) is 5.32. The van der Waals surface area contributed by atoms with Crippen LogP contribution in [0.1, 0.15) is 16.7 Å². The molecule has 0 aliphatic carbocycles. The quantitative estimate of drug-likeness (QED) is 0.719. The van der Waals surface area contributed by atoms with Crippen LogP contribution in [-0.4, -0.2) is 26.4 Å². The van der Waals surface area contributed by atoms with E-state index in [1.165, 1.54) is 5.56 Å². The van der Waals surface area contributed by atoms with E-state index in [4.69, 9.17) is 14.2 Å². The van der Waals surface area contributed by atoms with Crippen LogP contribution in [0, 0.1) is 6.92 Å². The number of hydrogen-bond donors (Lipinski definition) is 1.